The van der Waals surface area contributed by atoms with Crippen LogP contribution in [-0.2, 0) is 22.7 Å². The summed E-state index contributed by atoms with van der Waals surface area (Å²) in [5.74, 6) is 0.464. The predicted molar refractivity (Wildman–Crippen MR) is 74.4 cm³/mol. The lowest BCUT2D eigenvalue weighted by Gasteiger charge is -2.04. The van der Waals surface area contributed by atoms with Gasteiger partial charge in [0.25, 0.3) is 0 Å². The molecule has 106 valence electrons. The van der Waals surface area contributed by atoms with Crippen molar-refractivity contribution in [2.75, 3.05) is 6.61 Å². The second-order valence-corrected chi connectivity index (χ2v) is 4.46. The zero-order valence-electron chi connectivity index (χ0n) is 11.7. The van der Waals surface area contributed by atoms with Crippen LogP contribution in [-0.4, -0.2) is 22.4 Å². The van der Waals surface area contributed by atoms with E-state index < -0.39 is 0 Å². The molecule has 0 fully saturated rings. The van der Waals surface area contributed by atoms with Gasteiger partial charge in [-0.2, -0.15) is 5.10 Å². The van der Waals surface area contributed by atoms with Gasteiger partial charge in [-0.05, 0) is 12.5 Å². The summed E-state index contributed by atoms with van der Waals surface area (Å²) in [5.41, 5.74) is 1.93. The molecule has 20 heavy (non-hydrogen) atoms. The number of esters is 1. The maximum atomic E-state index is 10.7. The number of carbonyl (C=O) groups is 1. The second kappa shape index (κ2) is 6.75. The van der Waals surface area contributed by atoms with Gasteiger partial charge in [0.2, 0.25) is 0 Å². The Morgan fingerprint density at radius 3 is 2.75 bits per heavy atom. The molecule has 0 aliphatic carbocycles. The fraction of sp³-hybridized carbons (Fsp3) is 0.333. The molecule has 0 radical (unpaired) electrons. The normalized spacial score (nSPS) is 10.3. The first kappa shape index (κ1) is 14.1. The van der Waals surface area contributed by atoms with Gasteiger partial charge in [-0.3, -0.25) is 9.48 Å². The maximum absolute atomic E-state index is 10.7. The molecule has 2 aromatic rings. The lowest BCUT2D eigenvalue weighted by molar-refractivity contribution is -0.141. The Hall–Kier alpha value is -2.30. The minimum Gasteiger partial charge on any atom is -0.485 e. The molecule has 1 heterocycles. The standard InChI is InChI=1S/C15H18N2O3/c1-12-15(20-11-14-6-4-3-5-7-14)10-17(16-12)8-9-19-13(2)18/h3-7,10H,8-9,11H2,1-2H3. The van der Waals surface area contributed by atoms with Gasteiger partial charge in [0, 0.05) is 6.92 Å². The van der Waals surface area contributed by atoms with Crippen molar-refractivity contribution < 1.29 is 14.3 Å². The first-order valence-corrected chi connectivity index (χ1v) is 6.49. The quantitative estimate of drug-likeness (QED) is 0.759. The SMILES string of the molecule is CC(=O)OCCn1cc(OCc2ccccc2)c(C)n1. The van der Waals surface area contributed by atoms with Crippen LogP contribution in [0.5, 0.6) is 5.75 Å². The van der Waals surface area contributed by atoms with E-state index in [1.54, 1.807) is 4.68 Å². The molecule has 0 unspecified atom stereocenters. The van der Waals surface area contributed by atoms with Crippen molar-refractivity contribution in [2.45, 2.75) is 27.0 Å². The highest BCUT2D eigenvalue weighted by Gasteiger charge is 2.06. The van der Waals surface area contributed by atoms with Gasteiger partial charge in [-0.15, -0.1) is 0 Å². The number of benzene rings is 1. The van der Waals surface area contributed by atoms with Crippen LogP contribution in [0, 0.1) is 6.92 Å². The number of aromatic nitrogens is 2. The molecule has 0 aliphatic heterocycles. The predicted octanol–water partition coefficient (Wildman–Crippen LogP) is 2.33. The summed E-state index contributed by atoms with van der Waals surface area (Å²) in [4.78, 5) is 10.7. The zero-order chi connectivity index (χ0) is 14.4. The van der Waals surface area contributed by atoms with E-state index >= 15 is 0 Å². The van der Waals surface area contributed by atoms with Crippen LogP contribution < -0.4 is 4.74 Å². The highest BCUT2D eigenvalue weighted by atomic mass is 16.5. The number of hydrogen-bond acceptors (Lipinski definition) is 4. The average molecular weight is 274 g/mol. The molecule has 5 heteroatoms. The van der Waals surface area contributed by atoms with Crippen LogP contribution in [0.15, 0.2) is 36.5 Å². The highest BCUT2D eigenvalue weighted by Crippen LogP contribution is 2.17. The lowest BCUT2D eigenvalue weighted by Crippen LogP contribution is -2.09. The molecule has 0 atom stereocenters. The molecule has 0 bridgehead atoms. The van der Waals surface area contributed by atoms with E-state index in [9.17, 15) is 4.79 Å². The molecular formula is C15H18N2O3. The summed E-state index contributed by atoms with van der Waals surface area (Å²) in [7, 11) is 0. The van der Waals surface area contributed by atoms with Crippen LogP contribution in [0.3, 0.4) is 0 Å². The van der Waals surface area contributed by atoms with Crippen molar-refractivity contribution in [1.82, 2.24) is 9.78 Å². The van der Waals surface area contributed by atoms with Gasteiger partial charge >= 0.3 is 5.97 Å². The van der Waals surface area contributed by atoms with E-state index in [4.69, 9.17) is 9.47 Å². The Morgan fingerprint density at radius 2 is 2.05 bits per heavy atom. The molecule has 0 amide bonds. The minimum absolute atomic E-state index is 0.283. The molecule has 0 saturated heterocycles. The van der Waals surface area contributed by atoms with Crippen molar-refractivity contribution in [3.63, 3.8) is 0 Å². The van der Waals surface area contributed by atoms with Gasteiger partial charge < -0.3 is 9.47 Å². The van der Waals surface area contributed by atoms with Gasteiger partial charge in [-0.25, -0.2) is 0 Å². The third kappa shape index (κ3) is 4.12. The molecule has 5 nitrogen and oxygen atoms in total. The molecular weight excluding hydrogens is 256 g/mol. The largest absolute Gasteiger partial charge is 0.485 e. The van der Waals surface area contributed by atoms with Crippen molar-refractivity contribution in [2.24, 2.45) is 0 Å². The molecule has 1 aromatic carbocycles. The topological polar surface area (TPSA) is 53.4 Å². The number of rotatable bonds is 6. The zero-order valence-corrected chi connectivity index (χ0v) is 11.7. The first-order chi connectivity index (χ1) is 9.65. The molecule has 0 N–H and O–H groups in total. The highest BCUT2D eigenvalue weighted by molar-refractivity contribution is 5.65. The summed E-state index contributed by atoms with van der Waals surface area (Å²) < 4.78 is 12.3. The van der Waals surface area contributed by atoms with Crippen molar-refractivity contribution in [3.8, 4) is 5.75 Å². The molecule has 0 spiro atoms. The van der Waals surface area contributed by atoms with E-state index in [1.807, 2.05) is 43.5 Å². The summed E-state index contributed by atoms with van der Waals surface area (Å²) in [6, 6.07) is 9.96. The summed E-state index contributed by atoms with van der Waals surface area (Å²) >= 11 is 0. The molecule has 0 saturated carbocycles. The fourth-order valence-electron chi connectivity index (χ4n) is 1.77. The Bertz CT molecular complexity index is 564. The second-order valence-electron chi connectivity index (χ2n) is 4.46. The number of ether oxygens (including phenoxy) is 2. The van der Waals surface area contributed by atoms with Crippen LogP contribution >= 0.6 is 0 Å². The van der Waals surface area contributed by atoms with Crippen LogP contribution in [0.4, 0.5) is 0 Å². The Morgan fingerprint density at radius 1 is 1.30 bits per heavy atom. The van der Waals surface area contributed by atoms with Crippen molar-refractivity contribution in [3.05, 3.63) is 47.8 Å². The summed E-state index contributed by atoms with van der Waals surface area (Å²) in [6.07, 6.45) is 1.82. The first-order valence-electron chi connectivity index (χ1n) is 6.49. The number of aryl methyl sites for hydroxylation is 1. The van der Waals surface area contributed by atoms with Gasteiger partial charge in [-0.1, -0.05) is 30.3 Å². The summed E-state index contributed by atoms with van der Waals surface area (Å²) in [5, 5.41) is 4.32. The van der Waals surface area contributed by atoms with E-state index in [2.05, 4.69) is 5.10 Å². The third-order valence-electron chi connectivity index (χ3n) is 2.76. The number of carbonyl (C=O) groups excluding carboxylic acids is 1. The monoisotopic (exact) mass is 274 g/mol. The smallest absolute Gasteiger partial charge is 0.302 e. The van der Waals surface area contributed by atoms with E-state index in [1.165, 1.54) is 6.92 Å². The number of nitrogens with zero attached hydrogens (tertiary/aromatic N) is 2. The van der Waals surface area contributed by atoms with E-state index in [-0.39, 0.29) is 5.97 Å². The lowest BCUT2D eigenvalue weighted by atomic mass is 10.2. The Kier molecular flexibility index (Phi) is 4.76. The van der Waals surface area contributed by atoms with Gasteiger partial charge in [0.05, 0.1) is 12.7 Å². The molecule has 0 aliphatic rings. The average Bonchev–Trinajstić information content (AvgIpc) is 2.78. The van der Waals surface area contributed by atoms with Crippen LogP contribution in [0.25, 0.3) is 0 Å². The molecule has 1 aromatic heterocycles. The van der Waals surface area contributed by atoms with Gasteiger partial charge in [0.15, 0.2) is 5.75 Å². The summed E-state index contributed by atoms with van der Waals surface area (Å²) in [6.45, 7) is 4.63. The van der Waals surface area contributed by atoms with E-state index in [0.29, 0.717) is 19.8 Å². The van der Waals surface area contributed by atoms with E-state index in [0.717, 1.165) is 17.0 Å². The third-order valence-corrected chi connectivity index (χ3v) is 2.76. The van der Waals surface area contributed by atoms with Crippen molar-refractivity contribution >= 4 is 5.97 Å². The number of hydrogen-bond donors (Lipinski definition) is 0. The minimum atomic E-state index is -0.283. The van der Waals surface area contributed by atoms with Crippen molar-refractivity contribution in [1.29, 1.82) is 0 Å². The Labute approximate surface area is 118 Å². The van der Waals surface area contributed by atoms with Crippen LogP contribution in [0.1, 0.15) is 18.2 Å². The molecule has 2 rings (SSSR count). The van der Waals surface area contributed by atoms with Gasteiger partial charge in [0.1, 0.15) is 18.9 Å². The van der Waals surface area contributed by atoms with Crippen LogP contribution in [0.2, 0.25) is 0 Å². The fourth-order valence-corrected chi connectivity index (χ4v) is 1.77. The Balaban J connectivity index is 1.89. The maximum Gasteiger partial charge on any atom is 0.302 e.